The first-order valence-corrected chi connectivity index (χ1v) is 9.61. The third-order valence-corrected chi connectivity index (χ3v) is 5.34. The first-order valence-electron chi connectivity index (χ1n) is 9.61. The lowest BCUT2D eigenvalue weighted by atomic mass is 9.85. The van der Waals surface area contributed by atoms with E-state index in [9.17, 15) is 8.78 Å². The van der Waals surface area contributed by atoms with E-state index >= 15 is 4.39 Å². The molecule has 0 atom stereocenters. The second-order valence-electron chi connectivity index (χ2n) is 7.25. The van der Waals surface area contributed by atoms with E-state index in [1.807, 2.05) is 6.08 Å². The molecule has 142 valence electrons. The molecule has 28 heavy (non-hydrogen) atoms. The second-order valence-corrected chi connectivity index (χ2v) is 7.25. The van der Waals surface area contributed by atoms with Gasteiger partial charge in [-0.1, -0.05) is 55.8 Å². The normalized spacial score (nSPS) is 13.2. The Hall–Kier alpha value is -2.81. The molecule has 4 rings (SSSR count). The number of aryl methyl sites for hydroxylation is 1. The fourth-order valence-electron chi connectivity index (χ4n) is 3.87. The van der Waals surface area contributed by atoms with Crippen LogP contribution in [0.15, 0.2) is 60.7 Å². The van der Waals surface area contributed by atoms with E-state index in [2.05, 4.69) is 31.2 Å². The van der Waals surface area contributed by atoms with Crippen LogP contribution in [0.1, 0.15) is 35.6 Å². The van der Waals surface area contributed by atoms with Crippen molar-refractivity contribution in [3.8, 4) is 11.1 Å². The predicted octanol–water partition coefficient (Wildman–Crippen LogP) is 6.91. The van der Waals surface area contributed by atoms with Crippen LogP contribution in [0.4, 0.5) is 13.2 Å². The van der Waals surface area contributed by atoms with Gasteiger partial charge >= 0.3 is 0 Å². The molecule has 1 aliphatic carbocycles. The van der Waals surface area contributed by atoms with Crippen molar-refractivity contribution in [1.29, 1.82) is 0 Å². The molecule has 0 saturated heterocycles. The lowest BCUT2D eigenvalue weighted by Gasteiger charge is -2.20. The summed E-state index contributed by atoms with van der Waals surface area (Å²) in [6.07, 6.45) is 5.09. The summed E-state index contributed by atoms with van der Waals surface area (Å²) in [7, 11) is 0. The molecule has 0 saturated carbocycles. The van der Waals surface area contributed by atoms with Crippen LogP contribution in [0.2, 0.25) is 0 Å². The number of benzene rings is 3. The molecule has 0 radical (unpaired) electrons. The second kappa shape index (κ2) is 7.67. The SMILES string of the molecule is CCCc1ccc(C2=CCc3c(cc(F)c(-c4ccc(F)cc4)c3F)C2)cc1. The molecule has 0 nitrogen and oxygen atoms in total. The van der Waals surface area contributed by atoms with E-state index in [0.29, 0.717) is 29.5 Å². The highest BCUT2D eigenvalue weighted by Crippen LogP contribution is 2.35. The molecule has 0 heterocycles. The number of halogens is 3. The van der Waals surface area contributed by atoms with Gasteiger partial charge in [0, 0.05) is 0 Å². The molecule has 0 N–H and O–H groups in total. The minimum atomic E-state index is -0.609. The van der Waals surface area contributed by atoms with Crippen molar-refractivity contribution in [3.63, 3.8) is 0 Å². The Labute approximate surface area is 163 Å². The lowest BCUT2D eigenvalue weighted by Crippen LogP contribution is -2.08. The van der Waals surface area contributed by atoms with E-state index in [1.54, 1.807) is 0 Å². The molecular formula is C25H21F3. The number of allylic oxidation sites excluding steroid dienone is 2. The number of hydrogen-bond donors (Lipinski definition) is 0. The Morgan fingerprint density at radius 1 is 0.857 bits per heavy atom. The molecule has 3 aromatic carbocycles. The molecule has 0 unspecified atom stereocenters. The molecular weight excluding hydrogens is 357 g/mol. The minimum Gasteiger partial charge on any atom is -0.207 e. The average molecular weight is 378 g/mol. The molecule has 3 heteroatoms. The average Bonchev–Trinajstić information content (AvgIpc) is 2.70. The van der Waals surface area contributed by atoms with Gasteiger partial charge in [-0.2, -0.15) is 0 Å². The smallest absolute Gasteiger partial charge is 0.137 e. The van der Waals surface area contributed by atoms with Gasteiger partial charge in [0.2, 0.25) is 0 Å². The molecule has 0 fully saturated rings. The van der Waals surface area contributed by atoms with Crippen molar-refractivity contribution in [2.45, 2.75) is 32.6 Å². The summed E-state index contributed by atoms with van der Waals surface area (Å²) >= 11 is 0. The number of rotatable bonds is 4. The van der Waals surface area contributed by atoms with Crippen molar-refractivity contribution < 1.29 is 13.2 Å². The van der Waals surface area contributed by atoms with E-state index < -0.39 is 17.5 Å². The van der Waals surface area contributed by atoms with Gasteiger partial charge in [-0.3, -0.25) is 0 Å². The Kier molecular flexibility index (Phi) is 5.08. The maximum absolute atomic E-state index is 15.1. The molecule has 0 aliphatic heterocycles. The third kappa shape index (κ3) is 3.49. The maximum Gasteiger partial charge on any atom is 0.137 e. The summed E-state index contributed by atoms with van der Waals surface area (Å²) in [5.74, 6) is -1.59. The van der Waals surface area contributed by atoms with Crippen LogP contribution in [0.25, 0.3) is 16.7 Å². The zero-order valence-electron chi connectivity index (χ0n) is 15.7. The summed E-state index contributed by atoms with van der Waals surface area (Å²) in [6, 6.07) is 15.1. The van der Waals surface area contributed by atoms with Gasteiger partial charge in [0.15, 0.2) is 0 Å². The van der Waals surface area contributed by atoms with Gasteiger partial charge in [0.25, 0.3) is 0 Å². The first-order chi connectivity index (χ1) is 13.6. The molecule has 0 spiro atoms. The van der Waals surface area contributed by atoms with Crippen molar-refractivity contribution >= 4 is 5.57 Å². The van der Waals surface area contributed by atoms with Crippen LogP contribution < -0.4 is 0 Å². The minimum absolute atomic E-state index is 0.0838. The fourth-order valence-corrected chi connectivity index (χ4v) is 3.87. The largest absolute Gasteiger partial charge is 0.207 e. The zero-order chi connectivity index (χ0) is 19.7. The van der Waals surface area contributed by atoms with Crippen LogP contribution in [0.5, 0.6) is 0 Å². The first kappa shape index (κ1) is 18.5. The molecule has 0 amide bonds. The van der Waals surface area contributed by atoms with Gasteiger partial charge in [-0.25, -0.2) is 13.2 Å². The van der Waals surface area contributed by atoms with Gasteiger partial charge in [0.05, 0.1) is 5.56 Å². The summed E-state index contributed by atoms with van der Waals surface area (Å²) in [4.78, 5) is 0. The summed E-state index contributed by atoms with van der Waals surface area (Å²) in [5.41, 5.74) is 4.94. The fraction of sp³-hybridized carbons (Fsp3) is 0.200. The highest BCUT2D eigenvalue weighted by atomic mass is 19.1. The topological polar surface area (TPSA) is 0 Å². The summed E-state index contributed by atoms with van der Waals surface area (Å²) in [5, 5.41) is 0. The Morgan fingerprint density at radius 3 is 2.21 bits per heavy atom. The van der Waals surface area contributed by atoms with Crippen molar-refractivity contribution in [2.75, 3.05) is 0 Å². The van der Waals surface area contributed by atoms with Crippen molar-refractivity contribution in [2.24, 2.45) is 0 Å². The standard InChI is InChI=1S/C25H21F3/c1-2-3-16-4-6-17(7-5-16)19-10-13-22-20(14-19)15-23(27)24(25(22)28)18-8-11-21(26)12-9-18/h4-12,15H,2-3,13-14H2,1H3. The van der Waals surface area contributed by atoms with Gasteiger partial charge < -0.3 is 0 Å². The van der Waals surface area contributed by atoms with Crippen LogP contribution in [0.3, 0.4) is 0 Å². The van der Waals surface area contributed by atoms with E-state index in [1.165, 1.54) is 35.9 Å². The van der Waals surface area contributed by atoms with Crippen molar-refractivity contribution in [3.05, 3.63) is 100 Å². The lowest BCUT2D eigenvalue weighted by molar-refractivity contribution is 0.577. The van der Waals surface area contributed by atoms with Crippen LogP contribution in [-0.4, -0.2) is 0 Å². The Morgan fingerprint density at radius 2 is 1.54 bits per heavy atom. The maximum atomic E-state index is 15.1. The zero-order valence-corrected chi connectivity index (χ0v) is 15.7. The summed E-state index contributed by atoms with van der Waals surface area (Å²) < 4.78 is 43.0. The molecule has 1 aliphatic rings. The van der Waals surface area contributed by atoms with Crippen molar-refractivity contribution in [1.82, 2.24) is 0 Å². The highest BCUT2D eigenvalue weighted by molar-refractivity contribution is 5.73. The van der Waals surface area contributed by atoms with Gasteiger partial charge in [0.1, 0.15) is 17.5 Å². The van der Waals surface area contributed by atoms with Crippen LogP contribution in [-0.2, 0) is 19.3 Å². The summed E-state index contributed by atoms with van der Waals surface area (Å²) in [6.45, 7) is 2.15. The molecule has 0 bridgehead atoms. The Balaban J connectivity index is 1.66. The number of hydrogen-bond acceptors (Lipinski definition) is 0. The van der Waals surface area contributed by atoms with Gasteiger partial charge in [-0.05, 0) is 70.9 Å². The van der Waals surface area contributed by atoms with Gasteiger partial charge in [-0.15, -0.1) is 0 Å². The third-order valence-electron chi connectivity index (χ3n) is 5.34. The number of fused-ring (bicyclic) bond motifs is 1. The predicted molar refractivity (Wildman–Crippen MR) is 108 cm³/mol. The molecule has 3 aromatic rings. The highest BCUT2D eigenvalue weighted by Gasteiger charge is 2.22. The van der Waals surface area contributed by atoms with Crippen LogP contribution >= 0.6 is 0 Å². The quantitative estimate of drug-likeness (QED) is 0.463. The van der Waals surface area contributed by atoms with E-state index in [-0.39, 0.29) is 5.56 Å². The van der Waals surface area contributed by atoms with Crippen LogP contribution in [0, 0.1) is 17.5 Å². The van der Waals surface area contributed by atoms with E-state index in [0.717, 1.165) is 24.0 Å². The Bertz CT molecular complexity index is 1030. The van der Waals surface area contributed by atoms with E-state index in [4.69, 9.17) is 0 Å². The monoisotopic (exact) mass is 378 g/mol. The molecule has 0 aromatic heterocycles.